The van der Waals surface area contributed by atoms with Gasteiger partial charge in [-0.2, -0.15) is 5.10 Å². The van der Waals surface area contributed by atoms with Gasteiger partial charge in [-0.25, -0.2) is 0 Å². The molecule has 3 heteroatoms. The quantitative estimate of drug-likeness (QED) is 0.872. The molecule has 0 aliphatic heterocycles. The molecule has 2 rings (SSSR count). The monoisotopic (exact) mass is 271 g/mol. The molecule has 20 heavy (non-hydrogen) atoms. The molecule has 0 radical (unpaired) electrons. The van der Waals surface area contributed by atoms with E-state index in [1.54, 1.807) is 0 Å². The predicted octanol–water partition coefficient (Wildman–Crippen LogP) is 3.40. The average Bonchev–Trinajstić information content (AvgIpc) is 2.79. The molecule has 0 saturated heterocycles. The van der Waals surface area contributed by atoms with Crippen LogP contribution in [0.4, 0.5) is 0 Å². The fraction of sp³-hybridized carbons (Fsp3) is 0.471. The van der Waals surface area contributed by atoms with Crippen molar-refractivity contribution in [3.8, 4) is 11.3 Å². The van der Waals surface area contributed by atoms with E-state index in [2.05, 4.69) is 61.6 Å². The van der Waals surface area contributed by atoms with E-state index in [4.69, 9.17) is 0 Å². The minimum atomic E-state index is 0.666. The van der Waals surface area contributed by atoms with E-state index >= 15 is 0 Å². The first kappa shape index (κ1) is 14.8. The number of hydrogen-bond donors (Lipinski definition) is 1. The second kappa shape index (κ2) is 6.71. The average molecular weight is 271 g/mol. The topological polar surface area (TPSA) is 29.9 Å². The first-order valence-corrected chi connectivity index (χ1v) is 7.42. The Balaban J connectivity index is 2.17. The predicted molar refractivity (Wildman–Crippen MR) is 84.6 cm³/mol. The van der Waals surface area contributed by atoms with E-state index in [1.807, 2.05) is 11.7 Å². The molecule has 0 atom stereocenters. The van der Waals surface area contributed by atoms with Crippen LogP contribution in [0.3, 0.4) is 0 Å². The molecule has 0 bridgehead atoms. The van der Waals surface area contributed by atoms with E-state index in [-0.39, 0.29) is 0 Å². The van der Waals surface area contributed by atoms with Gasteiger partial charge in [-0.1, -0.05) is 45.0 Å². The first-order valence-electron chi connectivity index (χ1n) is 7.42. The Morgan fingerprint density at radius 3 is 2.50 bits per heavy atom. The number of nitrogens with zero attached hydrogens (tertiary/aromatic N) is 2. The van der Waals surface area contributed by atoms with Crippen molar-refractivity contribution >= 4 is 0 Å². The Kier molecular flexibility index (Phi) is 4.96. The molecule has 0 amide bonds. The van der Waals surface area contributed by atoms with Gasteiger partial charge in [0.15, 0.2) is 0 Å². The highest BCUT2D eigenvalue weighted by atomic mass is 15.3. The molecule has 3 nitrogen and oxygen atoms in total. The van der Waals surface area contributed by atoms with Gasteiger partial charge < -0.3 is 5.32 Å². The molecule has 0 fully saturated rings. The lowest BCUT2D eigenvalue weighted by molar-refractivity contribution is 0.552. The standard InChI is InChI=1S/C17H25N3/c1-5-14-6-8-15(9-7-14)17-16(12-20(4)19-17)11-18-10-13(2)3/h6-9,12-13,18H,5,10-11H2,1-4H3. The van der Waals surface area contributed by atoms with Crippen LogP contribution in [0.1, 0.15) is 31.9 Å². The SMILES string of the molecule is CCc1ccc(-c2nn(C)cc2CNCC(C)C)cc1. The Bertz CT molecular complexity index is 538. The van der Waals surface area contributed by atoms with Crippen LogP contribution in [0.2, 0.25) is 0 Å². The molecule has 0 spiro atoms. The van der Waals surface area contributed by atoms with Crippen LogP contribution in [-0.4, -0.2) is 16.3 Å². The second-order valence-corrected chi connectivity index (χ2v) is 5.75. The molecule has 1 heterocycles. The third-order valence-corrected chi connectivity index (χ3v) is 3.41. The summed E-state index contributed by atoms with van der Waals surface area (Å²) in [6, 6.07) is 8.73. The van der Waals surface area contributed by atoms with Crippen LogP contribution in [0.5, 0.6) is 0 Å². The minimum Gasteiger partial charge on any atom is -0.312 e. The van der Waals surface area contributed by atoms with Crippen LogP contribution >= 0.6 is 0 Å². The zero-order chi connectivity index (χ0) is 14.5. The summed E-state index contributed by atoms with van der Waals surface area (Å²) in [6.45, 7) is 8.53. The van der Waals surface area contributed by atoms with E-state index in [0.717, 1.165) is 25.2 Å². The van der Waals surface area contributed by atoms with Gasteiger partial charge in [0.05, 0.1) is 5.69 Å². The molecule has 1 aromatic carbocycles. The van der Waals surface area contributed by atoms with E-state index < -0.39 is 0 Å². The van der Waals surface area contributed by atoms with Crippen LogP contribution in [0.25, 0.3) is 11.3 Å². The Morgan fingerprint density at radius 1 is 1.20 bits per heavy atom. The molecule has 2 aromatic rings. The summed E-state index contributed by atoms with van der Waals surface area (Å²) in [4.78, 5) is 0. The van der Waals surface area contributed by atoms with Gasteiger partial charge in [0.2, 0.25) is 0 Å². The van der Waals surface area contributed by atoms with Gasteiger partial charge in [0.25, 0.3) is 0 Å². The summed E-state index contributed by atoms with van der Waals surface area (Å²) in [6.07, 6.45) is 3.18. The Hall–Kier alpha value is -1.61. The van der Waals surface area contributed by atoms with E-state index in [0.29, 0.717) is 5.92 Å². The molecule has 1 N–H and O–H groups in total. The number of rotatable bonds is 6. The smallest absolute Gasteiger partial charge is 0.0967 e. The molecule has 0 aliphatic carbocycles. The number of nitrogens with one attached hydrogen (secondary N) is 1. The van der Waals surface area contributed by atoms with Crippen LogP contribution in [0.15, 0.2) is 30.5 Å². The van der Waals surface area contributed by atoms with Crippen LogP contribution in [-0.2, 0) is 20.0 Å². The minimum absolute atomic E-state index is 0.666. The first-order chi connectivity index (χ1) is 9.60. The van der Waals surface area contributed by atoms with Gasteiger partial charge in [-0.15, -0.1) is 0 Å². The van der Waals surface area contributed by atoms with Crippen molar-refractivity contribution in [2.24, 2.45) is 13.0 Å². The zero-order valence-corrected chi connectivity index (χ0v) is 13.0. The van der Waals surface area contributed by atoms with E-state index in [1.165, 1.54) is 16.7 Å². The number of hydrogen-bond acceptors (Lipinski definition) is 2. The fourth-order valence-corrected chi connectivity index (χ4v) is 2.30. The van der Waals surface area contributed by atoms with Gasteiger partial charge in [-0.3, -0.25) is 4.68 Å². The Labute approximate surface area is 122 Å². The Morgan fingerprint density at radius 2 is 1.90 bits per heavy atom. The summed E-state index contributed by atoms with van der Waals surface area (Å²) < 4.78 is 1.90. The van der Waals surface area contributed by atoms with Crippen molar-refractivity contribution in [3.05, 3.63) is 41.6 Å². The van der Waals surface area contributed by atoms with Crippen LogP contribution < -0.4 is 5.32 Å². The second-order valence-electron chi connectivity index (χ2n) is 5.75. The lowest BCUT2D eigenvalue weighted by Crippen LogP contribution is -2.19. The van der Waals surface area contributed by atoms with E-state index in [9.17, 15) is 0 Å². The normalized spacial score (nSPS) is 11.2. The molecular weight excluding hydrogens is 246 g/mol. The number of benzene rings is 1. The van der Waals surface area contributed by atoms with Gasteiger partial charge in [0, 0.05) is 30.9 Å². The third-order valence-electron chi connectivity index (χ3n) is 3.41. The molecular formula is C17H25N3. The van der Waals surface area contributed by atoms with Gasteiger partial charge in [-0.05, 0) is 24.4 Å². The fourth-order valence-electron chi connectivity index (χ4n) is 2.30. The molecule has 0 aliphatic rings. The van der Waals surface area contributed by atoms with Gasteiger partial charge in [0.1, 0.15) is 0 Å². The van der Waals surface area contributed by atoms with Crippen molar-refractivity contribution in [1.29, 1.82) is 0 Å². The molecule has 0 unspecified atom stereocenters. The highest BCUT2D eigenvalue weighted by molar-refractivity contribution is 5.63. The van der Waals surface area contributed by atoms with Crippen molar-refractivity contribution in [2.75, 3.05) is 6.54 Å². The lowest BCUT2D eigenvalue weighted by Gasteiger charge is -2.07. The summed E-state index contributed by atoms with van der Waals surface area (Å²) in [7, 11) is 1.98. The summed E-state index contributed by atoms with van der Waals surface area (Å²) >= 11 is 0. The van der Waals surface area contributed by atoms with Crippen molar-refractivity contribution in [1.82, 2.24) is 15.1 Å². The molecule has 108 valence electrons. The highest BCUT2D eigenvalue weighted by Crippen LogP contribution is 2.22. The summed E-state index contributed by atoms with van der Waals surface area (Å²) in [5, 5.41) is 8.10. The van der Waals surface area contributed by atoms with Crippen LogP contribution in [0, 0.1) is 5.92 Å². The maximum Gasteiger partial charge on any atom is 0.0967 e. The lowest BCUT2D eigenvalue weighted by atomic mass is 10.0. The zero-order valence-electron chi connectivity index (χ0n) is 13.0. The summed E-state index contributed by atoms with van der Waals surface area (Å²) in [5.74, 6) is 0.666. The maximum atomic E-state index is 4.61. The maximum absolute atomic E-state index is 4.61. The largest absolute Gasteiger partial charge is 0.312 e. The number of aryl methyl sites for hydroxylation is 2. The van der Waals surface area contributed by atoms with Crippen molar-refractivity contribution in [3.63, 3.8) is 0 Å². The van der Waals surface area contributed by atoms with Crippen molar-refractivity contribution < 1.29 is 0 Å². The molecule has 1 aromatic heterocycles. The third kappa shape index (κ3) is 3.70. The number of aromatic nitrogens is 2. The van der Waals surface area contributed by atoms with Gasteiger partial charge >= 0.3 is 0 Å². The molecule has 0 saturated carbocycles. The highest BCUT2D eigenvalue weighted by Gasteiger charge is 2.10. The van der Waals surface area contributed by atoms with Crippen molar-refractivity contribution in [2.45, 2.75) is 33.7 Å². The summed E-state index contributed by atoms with van der Waals surface area (Å²) in [5.41, 5.74) is 4.91.